The van der Waals surface area contributed by atoms with Crippen LogP contribution in [0.15, 0.2) is 71.8 Å². The molecule has 6 heteroatoms. The highest BCUT2D eigenvalue weighted by molar-refractivity contribution is 7.99. The summed E-state index contributed by atoms with van der Waals surface area (Å²) in [6.45, 7) is 8.40. The van der Waals surface area contributed by atoms with E-state index in [1.807, 2.05) is 60.7 Å². The van der Waals surface area contributed by atoms with E-state index in [4.69, 9.17) is 5.10 Å². The molecule has 0 saturated heterocycles. The summed E-state index contributed by atoms with van der Waals surface area (Å²) in [5.74, 6) is 0.856. The van der Waals surface area contributed by atoms with Crippen molar-refractivity contribution in [2.75, 3.05) is 11.1 Å². The number of amides is 1. The van der Waals surface area contributed by atoms with Gasteiger partial charge in [0, 0.05) is 16.9 Å². The van der Waals surface area contributed by atoms with Gasteiger partial charge < -0.3 is 5.32 Å². The number of anilines is 1. The largest absolute Gasteiger partial charge is 0.310 e. The van der Waals surface area contributed by atoms with Crippen LogP contribution >= 0.6 is 11.8 Å². The number of carbonyl (C=O) groups excluding carboxylic acids is 1. The van der Waals surface area contributed by atoms with Crippen LogP contribution in [0.5, 0.6) is 0 Å². The molecule has 0 spiro atoms. The zero-order valence-electron chi connectivity index (χ0n) is 18.2. The quantitative estimate of drug-likeness (QED) is 0.409. The van der Waals surface area contributed by atoms with Gasteiger partial charge in [0.25, 0.3) is 0 Å². The van der Waals surface area contributed by atoms with Gasteiger partial charge in [-0.2, -0.15) is 5.10 Å². The van der Waals surface area contributed by atoms with Gasteiger partial charge in [0.1, 0.15) is 5.82 Å². The maximum atomic E-state index is 12.8. The highest BCUT2D eigenvalue weighted by atomic mass is 32.2. The molecular weight excluding hydrogens is 404 g/mol. The number of fused-ring (bicyclic) bond motifs is 1. The molecule has 1 N–H and O–H groups in total. The molecule has 4 rings (SSSR count). The molecule has 1 amide bonds. The molecule has 2 heterocycles. The number of nitrogens with one attached hydrogen (secondary N) is 1. The first-order valence-corrected chi connectivity index (χ1v) is 11.2. The minimum absolute atomic E-state index is 0.0878. The van der Waals surface area contributed by atoms with E-state index in [0.29, 0.717) is 5.82 Å². The van der Waals surface area contributed by atoms with Gasteiger partial charge in [0.15, 0.2) is 0 Å². The number of carbonyl (C=O) groups is 1. The highest BCUT2D eigenvalue weighted by Gasteiger charge is 2.21. The van der Waals surface area contributed by atoms with Crippen molar-refractivity contribution in [2.24, 2.45) is 0 Å². The summed E-state index contributed by atoms with van der Waals surface area (Å²) in [7, 11) is 0. The standard InChI is InChI=1S/C25H26N4OS/c1-17-14-24(26-20-13-9-8-12-19(17)20)31-16-23(30)27-22-15-21(25(2,3)4)28-29(22)18-10-6-5-7-11-18/h5-15H,16H2,1-4H3,(H,27,30). The predicted molar refractivity (Wildman–Crippen MR) is 128 cm³/mol. The Morgan fingerprint density at radius 2 is 1.74 bits per heavy atom. The number of nitrogens with zero attached hydrogens (tertiary/aromatic N) is 3. The van der Waals surface area contributed by atoms with Crippen molar-refractivity contribution in [1.29, 1.82) is 0 Å². The van der Waals surface area contributed by atoms with Crippen LogP contribution in [0.2, 0.25) is 0 Å². The van der Waals surface area contributed by atoms with Crippen LogP contribution in [0.25, 0.3) is 16.6 Å². The maximum absolute atomic E-state index is 12.8. The molecular formula is C25H26N4OS. The second-order valence-electron chi connectivity index (χ2n) is 8.54. The third kappa shape index (κ3) is 4.80. The normalized spacial score (nSPS) is 11.6. The summed E-state index contributed by atoms with van der Waals surface area (Å²) in [5.41, 5.74) is 3.81. The van der Waals surface area contributed by atoms with Gasteiger partial charge in [-0.3, -0.25) is 4.79 Å². The Labute approximate surface area is 186 Å². The zero-order valence-corrected chi connectivity index (χ0v) is 19.0. The number of thioether (sulfide) groups is 1. The number of pyridine rings is 1. The second kappa shape index (κ2) is 8.55. The summed E-state index contributed by atoms with van der Waals surface area (Å²) in [5, 5.41) is 9.77. The molecule has 4 aromatic rings. The van der Waals surface area contributed by atoms with Gasteiger partial charge in [-0.1, -0.05) is 68.9 Å². The Morgan fingerprint density at radius 1 is 1.03 bits per heavy atom. The Morgan fingerprint density at radius 3 is 2.48 bits per heavy atom. The highest BCUT2D eigenvalue weighted by Crippen LogP contribution is 2.27. The number of hydrogen-bond acceptors (Lipinski definition) is 4. The molecule has 2 aromatic carbocycles. The molecule has 5 nitrogen and oxygen atoms in total. The van der Waals surface area contributed by atoms with Gasteiger partial charge in [0.2, 0.25) is 5.91 Å². The second-order valence-corrected chi connectivity index (χ2v) is 9.54. The molecule has 31 heavy (non-hydrogen) atoms. The maximum Gasteiger partial charge on any atom is 0.235 e. The molecule has 0 aliphatic carbocycles. The fourth-order valence-corrected chi connectivity index (χ4v) is 4.09. The molecule has 0 aliphatic heterocycles. The summed E-state index contributed by atoms with van der Waals surface area (Å²) < 4.78 is 1.79. The van der Waals surface area contributed by atoms with Crippen LogP contribution < -0.4 is 5.32 Å². The molecule has 0 bridgehead atoms. The van der Waals surface area contributed by atoms with E-state index < -0.39 is 0 Å². The first-order chi connectivity index (χ1) is 14.8. The Bertz CT molecular complexity index is 1230. The summed E-state index contributed by atoms with van der Waals surface area (Å²) >= 11 is 1.44. The smallest absolute Gasteiger partial charge is 0.235 e. The van der Waals surface area contributed by atoms with Crippen molar-refractivity contribution in [2.45, 2.75) is 38.1 Å². The third-order valence-corrected chi connectivity index (χ3v) is 5.91. The van der Waals surface area contributed by atoms with Crippen molar-refractivity contribution < 1.29 is 4.79 Å². The zero-order chi connectivity index (χ0) is 22.0. The molecule has 0 fully saturated rings. The van der Waals surface area contributed by atoms with Crippen LogP contribution in [0, 0.1) is 6.92 Å². The lowest BCUT2D eigenvalue weighted by Gasteiger charge is -2.14. The summed E-state index contributed by atoms with van der Waals surface area (Å²) in [6.07, 6.45) is 0. The molecule has 0 saturated carbocycles. The van der Waals surface area contributed by atoms with Crippen LogP contribution in [0.3, 0.4) is 0 Å². The van der Waals surface area contributed by atoms with Crippen molar-refractivity contribution in [1.82, 2.24) is 14.8 Å². The summed E-state index contributed by atoms with van der Waals surface area (Å²) in [4.78, 5) is 17.5. The monoisotopic (exact) mass is 430 g/mol. The Hall–Kier alpha value is -3.12. The lowest BCUT2D eigenvalue weighted by molar-refractivity contribution is -0.113. The SMILES string of the molecule is Cc1cc(SCC(=O)Nc2cc(C(C)(C)C)nn2-c2ccccc2)nc2ccccc12. The number of hydrogen-bond donors (Lipinski definition) is 1. The lowest BCUT2D eigenvalue weighted by atomic mass is 9.92. The van der Waals surface area contributed by atoms with Gasteiger partial charge in [0.05, 0.1) is 27.7 Å². The number of benzene rings is 2. The van der Waals surface area contributed by atoms with E-state index in [0.717, 1.165) is 32.9 Å². The van der Waals surface area contributed by atoms with Gasteiger partial charge >= 0.3 is 0 Å². The fraction of sp³-hybridized carbons (Fsp3) is 0.240. The number of rotatable bonds is 5. The lowest BCUT2D eigenvalue weighted by Crippen LogP contribution is -2.17. The number of aromatic nitrogens is 3. The molecule has 0 atom stereocenters. The van der Waals surface area contributed by atoms with Gasteiger partial charge in [-0.05, 0) is 36.8 Å². The molecule has 0 radical (unpaired) electrons. The van der Waals surface area contributed by atoms with Crippen LogP contribution in [-0.4, -0.2) is 26.4 Å². The third-order valence-electron chi connectivity index (χ3n) is 5.00. The predicted octanol–water partition coefficient (Wildman–Crippen LogP) is 5.76. The van der Waals surface area contributed by atoms with E-state index in [2.05, 4.69) is 44.1 Å². The van der Waals surface area contributed by atoms with E-state index in [1.165, 1.54) is 11.8 Å². The van der Waals surface area contributed by atoms with Crippen molar-refractivity contribution >= 4 is 34.4 Å². The van der Waals surface area contributed by atoms with E-state index in [1.54, 1.807) is 4.68 Å². The Kier molecular flexibility index (Phi) is 5.83. The minimum atomic E-state index is -0.124. The number of aryl methyl sites for hydroxylation is 1. The average molecular weight is 431 g/mol. The number of para-hydroxylation sites is 2. The molecule has 158 valence electrons. The van der Waals surface area contributed by atoms with Gasteiger partial charge in [-0.25, -0.2) is 9.67 Å². The first-order valence-electron chi connectivity index (χ1n) is 10.3. The van der Waals surface area contributed by atoms with Crippen molar-refractivity contribution in [3.63, 3.8) is 0 Å². The van der Waals surface area contributed by atoms with E-state index in [9.17, 15) is 4.79 Å². The first kappa shape index (κ1) is 21.1. The van der Waals surface area contributed by atoms with Crippen LogP contribution in [0.1, 0.15) is 32.0 Å². The topological polar surface area (TPSA) is 59.8 Å². The van der Waals surface area contributed by atoms with Gasteiger partial charge in [-0.15, -0.1) is 0 Å². The minimum Gasteiger partial charge on any atom is -0.310 e. The van der Waals surface area contributed by atoms with Crippen molar-refractivity contribution in [3.05, 3.63) is 78.0 Å². The van der Waals surface area contributed by atoms with Crippen LogP contribution in [0.4, 0.5) is 5.82 Å². The average Bonchev–Trinajstić information content (AvgIpc) is 3.17. The molecule has 0 aliphatic rings. The molecule has 0 unspecified atom stereocenters. The van der Waals surface area contributed by atoms with E-state index in [-0.39, 0.29) is 17.1 Å². The van der Waals surface area contributed by atoms with Crippen LogP contribution in [-0.2, 0) is 10.2 Å². The van der Waals surface area contributed by atoms with Crippen molar-refractivity contribution in [3.8, 4) is 5.69 Å². The fourth-order valence-electron chi connectivity index (χ4n) is 3.31. The summed E-state index contributed by atoms with van der Waals surface area (Å²) in [6, 6.07) is 21.9. The Balaban J connectivity index is 1.53. The molecule has 2 aromatic heterocycles. The van der Waals surface area contributed by atoms with E-state index >= 15 is 0 Å².